The van der Waals surface area contributed by atoms with Crippen molar-refractivity contribution in [3.8, 4) is 5.69 Å². The molecule has 2 fully saturated rings. The minimum atomic E-state index is 0.00733. The number of nitrogens with zero attached hydrogens (tertiary/aromatic N) is 2. The van der Waals surface area contributed by atoms with Gasteiger partial charge in [-0.2, -0.15) is 5.10 Å². The van der Waals surface area contributed by atoms with E-state index in [0.717, 1.165) is 24.9 Å². The van der Waals surface area contributed by atoms with Gasteiger partial charge in [-0.3, -0.25) is 4.79 Å². The lowest BCUT2D eigenvalue weighted by molar-refractivity contribution is 0.0737. The largest absolute Gasteiger partial charge is 0.374 e. The third-order valence-corrected chi connectivity index (χ3v) is 4.34. The number of rotatable bonds is 3. The molecule has 4 rings (SSSR count). The summed E-state index contributed by atoms with van der Waals surface area (Å²) in [6, 6.07) is 11.6. The minimum Gasteiger partial charge on any atom is -0.374 e. The maximum Gasteiger partial charge on any atom is 0.187 e. The predicted octanol–water partition coefficient (Wildman–Crippen LogP) is 2.62. The number of benzene rings is 1. The number of Topliss-reactive ketones (excluding diaryl/α,β-unsaturated/α-hetero) is 1. The zero-order valence-corrected chi connectivity index (χ0v) is 11.1. The monoisotopic (exact) mass is 268 g/mol. The van der Waals surface area contributed by atoms with Gasteiger partial charge in [-0.1, -0.05) is 18.2 Å². The molecule has 0 amide bonds. The average Bonchev–Trinajstić information content (AvgIpc) is 3.23. The Bertz CT molecular complexity index is 635. The lowest BCUT2D eigenvalue weighted by Gasteiger charge is -2.17. The highest BCUT2D eigenvalue weighted by Crippen LogP contribution is 2.40. The van der Waals surface area contributed by atoms with Crippen molar-refractivity contribution in [2.45, 2.75) is 31.5 Å². The van der Waals surface area contributed by atoms with Crippen LogP contribution in [0.3, 0.4) is 0 Å². The van der Waals surface area contributed by atoms with E-state index in [1.54, 1.807) is 16.9 Å². The van der Waals surface area contributed by atoms with Gasteiger partial charge in [-0.25, -0.2) is 4.68 Å². The zero-order chi connectivity index (χ0) is 13.5. The Hall–Kier alpha value is -1.94. The van der Waals surface area contributed by atoms with Crippen LogP contribution in [0.25, 0.3) is 5.69 Å². The Morgan fingerprint density at radius 1 is 1.20 bits per heavy atom. The van der Waals surface area contributed by atoms with Gasteiger partial charge in [0.05, 0.1) is 30.0 Å². The molecule has 0 spiro atoms. The topological polar surface area (TPSA) is 44.1 Å². The lowest BCUT2D eigenvalue weighted by atomic mass is 9.85. The van der Waals surface area contributed by atoms with E-state index in [1.165, 1.54) is 0 Å². The summed E-state index contributed by atoms with van der Waals surface area (Å²) in [5.41, 5.74) is 1.59. The first-order valence-electron chi connectivity index (χ1n) is 7.12. The van der Waals surface area contributed by atoms with E-state index in [-0.39, 0.29) is 17.8 Å². The average molecular weight is 268 g/mol. The Morgan fingerprint density at radius 2 is 2.05 bits per heavy atom. The molecule has 0 N–H and O–H groups in total. The molecule has 4 heteroatoms. The third kappa shape index (κ3) is 1.79. The number of para-hydroxylation sites is 1. The molecular formula is C16H16N2O2. The molecule has 3 heterocycles. The van der Waals surface area contributed by atoms with E-state index < -0.39 is 0 Å². The van der Waals surface area contributed by atoms with E-state index in [9.17, 15) is 4.79 Å². The molecule has 2 aliphatic heterocycles. The van der Waals surface area contributed by atoms with Gasteiger partial charge in [-0.05, 0) is 37.5 Å². The van der Waals surface area contributed by atoms with Crippen molar-refractivity contribution in [3.63, 3.8) is 0 Å². The fraction of sp³-hybridized carbons (Fsp3) is 0.375. The molecule has 2 bridgehead atoms. The molecule has 0 aliphatic carbocycles. The fourth-order valence-electron chi connectivity index (χ4n) is 3.37. The molecular weight excluding hydrogens is 252 g/mol. The number of ketones is 1. The normalized spacial score (nSPS) is 27.9. The summed E-state index contributed by atoms with van der Waals surface area (Å²) in [7, 11) is 0. The van der Waals surface area contributed by atoms with E-state index >= 15 is 0 Å². The first kappa shape index (κ1) is 11.9. The number of carbonyl (C=O) groups is 1. The van der Waals surface area contributed by atoms with Crippen molar-refractivity contribution in [1.82, 2.24) is 9.78 Å². The SMILES string of the molecule is O=C(c1ccnn1-c1ccccc1)C1CC2CCC1O2. The molecule has 2 aliphatic rings. The molecule has 3 atom stereocenters. The lowest BCUT2D eigenvalue weighted by Crippen LogP contribution is -2.27. The quantitative estimate of drug-likeness (QED) is 0.804. The van der Waals surface area contributed by atoms with Crippen LogP contribution < -0.4 is 0 Å². The molecule has 1 aromatic carbocycles. The van der Waals surface area contributed by atoms with Crippen LogP contribution in [-0.2, 0) is 4.74 Å². The van der Waals surface area contributed by atoms with Crippen molar-refractivity contribution in [3.05, 3.63) is 48.3 Å². The van der Waals surface area contributed by atoms with E-state index in [4.69, 9.17) is 4.74 Å². The smallest absolute Gasteiger partial charge is 0.187 e. The number of carbonyl (C=O) groups excluding carboxylic acids is 1. The van der Waals surface area contributed by atoms with E-state index in [0.29, 0.717) is 11.8 Å². The molecule has 20 heavy (non-hydrogen) atoms. The molecule has 2 aromatic rings. The summed E-state index contributed by atoms with van der Waals surface area (Å²) < 4.78 is 7.53. The Morgan fingerprint density at radius 3 is 2.75 bits per heavy atom. The summed E-state index contributed by atoms with van der Waals surface area (Å²) in [5.74, 6) is 0.173. The second-order valence-corrected chi connectivity index (χ2v) is 5.54. The van der Waals surface area contributed by atoms with E-state index in [2.05, 4.69) is 5.10 Å². The molecule has 3 unspecified atom stereocenters. The maximum atomic E-state index is 12.8. The minimum absolute atomic E-state index is 0.00733. The highest BCUT2D eigenvalue weighted by Gasteiger charge is 2.45. The number of hydrogen-bond acceptors (Lipinski definition) is 3. The van der Waals surface area contributed by atoms with Crippen LogP contribution in [0.2, 0.25) is 0 Å². The van der Waals surface area contributed by atoms with Crippen LogP contribution in [0.5, 0.6) is 0 Å². The van der Waals surface area contributed by atoms with Crippen LogP contribution >= 0.6 is 0 Å². The fourth-order valence-corrected chi connectivity index (χ4v) is 3.37. The maximum absolute atomic E-state index is 12.8. The number of hydrogen-bond donors (Lipinski definition) is 0. The van der Waals surface area contributed by atoms with Crippen LogP contribution in [0.4, 0.5) is 0 Å². The molecule has 0 saturated carbocycles. The van der Waals surface area contributed by atoms with Gasteiger partial charge in [0.15, 0.2) is 5.78 Å². The van der Waals surface area contributed by atoms with Crippen molar-refractivity contribution in [2.75, 3.05) is 0 Å². The predicted molar refractivity (Wildman–Crippen MR) is 73.9 cm³/mol. The van der Waals surface area contributed by atoms with Crippen LogP contribution in [0.1, 0.15) is 29.8 Å². The van der Waals surface area contributed by atoms with Crippen LogP contribution in [-0.4, -0.2) is 27.8 Å². The second-order valence-electron chi connectivity index (χ2n) is 5.54. The van der Waals surface area contributed by atoms with Crippen molar-refractivity contribution in [2.24, 2.45) is 5.92 Å². The van der Waals surface area contributed by atoms with Gasteiger partial charge in [0.25, 0.3) is 0 Å². The molecule has 102 valence electrons. The van der Waals surface area contributed by atoms with Gasteiger partial charge in [0.2, 0.25) is 0 Å². The summed E-state index contributed by atoms with van der Waals surface area (Å²) in [6.07, 6.45) is 5.08. The summed E-state index contributed by atoms with van der Waals surface area (Å²) >= 11 is 0. The van der Waals surface area contributed by atoms with Crippen LogP contribution in [0.15, 0.2) is 42.6 Å². The van der Waals surface area contributed by atoms with Crippen molar-refractivity contribution in [1.29, 1.82) is 0 Å². The zero-order valence-electron chi connectivity index (χ0n) is 11.1. The van der Waals surface area contributed by atoms with Crippen LogP contribution in [0, 0.1) is 5.92 Å². The highest BCUT2D eigenvalue weighted by atomic mass is 16.5. The molecule has 0 radical (unpaired) electrons. The first-order valence-corrected chi connectivity index (χ1v) is 7.12. The number of fused-ring (bicyclic) bond motifs is 2. The molecule has 1 aromatic heterocycles. The first-order chi connectivity index (χ1) is 9.83. The second kappa shape index (κ2) is 4.56. The Labute approximate surface area is 117 Å². The summed E-state index contributed by atoms with van der Waals surface area (Å²) in [4.78, 5) is 12.8. The number of ether oxygens (including phenoxy) is 1. The van der Waals surface area contributed by atoms with Crippen molar-refractivity contribution >= 4 is 5.78 Å². The Balaban J connectivity index is 1.67. The highest BCUT2D eigenvalue weighted by molar-refractivity contribution is 5.97. The number of aromatic nitrogens is 2. The van der Waals surface area contributed by atoms with E-state index in [1.807, 2.05) is 30.3 Å². The third-order valence-electron chi connectivity index (χ3n) is 4.34. The summed E-state index contributed by atoms with van der Waals surface area (Å²) in [5, 5.41) is 4.30. The van der Waals surface area contributed by atoms with Gasteiger partial charge >= 0.3 is 0 Å². The standard InChI is InChI=1S/C16H16N2O2/c19-16(13-10-12-6-7-15(13)20-12)14-8-9-17-18(14)11-4-2-1-3-5-11/h1-5,8-9,12-13,15H,6-7,10H2. The summed E-state index contributed by atoms with van der Waals surface area (Å²) in [6.45, 7) is 0. The van der Waals surface area contributed by atoms with Gasteiger partial charge in [0, 0.05) is 0 Å². The molecule has 2 saturated heterocycles. The van der Waals surface area contributed by atoms with Gasteiger partial charge in [-0.15, -0.1) is 0 Å². The van der Waals surface area contributed by atoms with Gasteiger partial charge < -0.3 is 4.74 Å². The molecule has 4 nitrogen and oxygen atoms in total. The van der Waals surface area contributed by atoms with Gasteiger partial charge in [0.1, 0.15) is 5.69 Å². The Kier molecular flexibility index (Phi) is 2.70. The van der Waals surface area contributed by atoms with Crippen molar-refractivity contribution < 1.29 is 9.53 Å².